The van der Waals surface area contributed by atoms with Gasteiger partial charge in [-0.1, -0.05) is 6.07 Å². The smallest absolute Gasteiger partial charge is 0.352 e. The van der Waals surface area contributed by atoms with Gasteiger partial charge in [-0.3, -0.25) is 4.79 Å². The molecule has 5 nitrogen and oxygen atoms in total. The number of halogens is 3. The Balaban J connectivity index is 1.70. The minimum atomic E-state index is -4.61. The summed E-state index contributed by atoms with van der Waals surface area (Å²) >= 11 is 0. The third kappa shape index (κ3) is 3.54. The van der Waals surface area contributed by atoms with Crippen LogP contribution in [0.5, 0.6) is 0 Å². The predicted molar refractivity (Wildman–Crippen MR) is 98.1 cm³/mol. The number of sulfone groups is 1. The lowest BCUT2D eigenvalue weighted by Gasteiger charge is -2.46. The first-order valence-corrected chi connectivity index (χ1v) is 10.8. The zero-order valence-electron chi connectivity index (χ0n) is 15.8. The Hall–Kier alpha value is -1.61. The van der Waals surface area contributed by atoms with Crippen LogP contribution in [-0.4, -0.2) is 30.7 Å². The fourth-order valence-corrected chi connectivity index (χ4v) is 5.56. The molecule has 0 aliphatic heterocycles. The molecule has 0 radical (unpaired) electrons. The zero-order valence-corrected chi connectivity index (χ0v) is 16.7. The van der Waals surface area contributed by atoms with Gasteiger partial charge >= 0.3 is 6.18 Å². The van der Waals surface area contributed by atoms with E-state index in [1.807, 2.05) is 0 Å². The normalized spacial score (nSPS) is 24.8. The molecular formula is C19H25F3N2O3S. The highest BCUT2D eigenvalue weighted by Crippen LogP contribution is 2.44. The van der Waals surface area contributed by atoms with Crippen molar-refractivity contribution in [3.63, 3.8) is 0 Å². The minimum Gasteiger partial charge on any atom is -0.352 e. The minimum absolute atomic E-state index is 0.158. The van der Waals surface area contributed by atoms with Gasteiger partial charge < -0.3 is 11.1 Å². The first-order chi connectivity index (χ1) is 12.8. The Kier molecular flexibility index (Phi) is 5.07. The van der Waals surface area contributed by atoms with Gasteiger partial charge in [0.25, 0.3) is 0 Å². The van der Waals surface area contributed by atoms with Crippen LogP contribution in [0.3, 0.4) is 0 Å². The van der Waals surface area contributed by atoms with E-state index >= 15 is 0 Å². The molecule has 3 N–H and O–H groups in total. The number of nitrogens with two attached hydrogens (primary N) is 1. The van der Waals surface area contributed by atoms with Crippen LogP contribution in [0.4, 0.5) is 13.2 Å². The molecule has 0 aromatic heterocycles. The van der Waals surface area contributed by atoms with Gasteiger partial charge in [0.2, 0.25) is 5.91 Å². The van der Waals surface area contributed by atoms with Gasteiger partial charge in [-0.05, 0) is 70.1 Å². The summed E-state index contributed by atoms with van der Waals surface area (Å²) in [5, 5.41) is 2.87. The molecule has 2 aliphatic carbocycles. The van der Waals surface area contributed by atoms with Crippen molar-refractivity contribution in [1.29, 1.82) is 0 Å². The Morgan fingerprint density at radius 1 is 1.21 bits per heavy atom. The summed E-state index contributed by atoms with van der Waals surface area (Å²) in [4.78, 5) is 11.9. The fraction of sp³-hybridized carbons (Fsp3) is 0.632. The van der Waals surface area contributed by atoms with E-state index in [1.165, 1.54) is 19.9 Å². The molecule has 0 atom stereocenters. The predicted octanol–water partition coefficient (Wildman–Crippen LogP) is 3.03. The van der Waals surface area contributed by atoms with Crippen LogP contribution in [0, 0.1) is 5.92 Å². The summed E-state index contributed by atoms with van der Waals surface area (Å²) in [5.41, 5.74) is 4.18. The molecule has 3 rings (SSSR count). The third-order valence-corrected chi connectivity index (χ3v) is 8.91. The van der Waals surface area contributed by atoms with Crippen LogP contribution >= 0.6 is 0 Å². The van der Waals surface area contributed by atoms with E-state index in [2.05, 4.69) is 5.32 Å². The van der Waals surface area contributed by atoms with E-state index < -0.39 is 31.9 Å². The Labute approximate surface area is 162 Å². The van der Waals surface area contributed by atoms with Crippen molar-refractivity contribution in [2.75, 3.05) is 0 Å². The van der Waals surface area contributed by atoms with Crippen molar-refractivity contribution < 1.29 is 26.4 Å². The van der Waals surface area contributed by atoms with Crippen molar-refractivity contribution >= 4 is 15.7 Å². The van der Waals surface area contributed by atoms with E-state index in [-0.39, 0.29) is 22.8 Å². The van der Waals surface area contributed by atoms with Crippen molar-refractivity contribution in [2.24, 2.45) is 11.7 Å². The maximum atomic E-state index is 13.0. The van der Waals surface area contributed by atoms with Crippen LogP contribution < -0.4 is 11.1 Å². The second kappa shape index (κ2) is 6.73. The van der Waals surface area contributed by atoms with Crippen LogP contribution in [0.25, 0.3) is 0 Å². The molecule has 2 saturated carbocycles. The van der Waals surface area contributed by atoms with Crippen molar-refractivity contribution in [3.05, 3.63) is 29.8 Å². The molecule has 0 unspecified atom stereocenters. The molecule has 156 valence electrons. The highest BCUT2D eigenvalue weighted by atomic mass is 32.2. The number of benzene rings is 1. The summed E-state index contributed by atoms with van der Waals surface area (Å²) in [7, 11) is -3.99. The summed E-state index contributed by atoms with van der Waals surface area (Å²) in [5.74, 6) is -0.479. The molecule has 2 fully saturated rings. The van der Waals surface area contributed by atoms with Gasteiger partial charge in [0.05, 0.1) is 20.7 Å². The molecule has 0 heterocycles. The summed E-state index contributed by atoms with van der Waals surface area (Å²) in [6.45, 7) is 3.06. The second-order valence-corrected chi connectivity index (χ2v) is 11.0. The van der Waals surface area contributed by atoms with Crippen LogP contribution in [0.1, 0.15) is 51.5 Å². The van der Waals surface area contributed by atoms with Gasteiger partial charge in [0.15, 0.2) is 9.84 Å². The lowest BCUT2D eigenvalue weighted by molar-refractivity contribution is -0.137. The molecule has 0 bridgehead atoms. The number of alkyl halides is 3. The highest BCUT2D eigenvalue weighted by Gasteiger charge is 2.50. The van der Waals surface area contributed by atoms with Crippen LogP contribution in [0.15, 0.2) is 29.2 Å². The van der Waals surface area contributed by atoms with Crippen LogP contribution in [0.2, 0.25) is 0 Å². The summed E-state index contributed by atoms with van der Waals surface area (Å²) < 4.78 is 63.7. The maximum Gasteiger partial charge on any atom is 0.416 e. The standard InChI is InChI=1S/C19H25F3N2O3S/c1-17(2,13-9-14(10-13)24-16(25)18(23)7-4-8-18)28(26,27)15-6-3-5-12(11-15)19(20,21)22/h3,5-6,11,13-14H,4,7-10,23H2,1-2H3,(H,24,25)/t13-,14+. The van der Waals surface area contributed by atoms with Crippen molar-refractivity contribution in [2.45, 2.75) is 73.4 Å². The fourth-order valence-electron chi connectivity index (χ4n) is 3.78. The molecular weight excluding hydrogens is 393 g/mol. The van der Waals surface area contributed by atoms with Gasteiger partial charge in [0, 0.05) is 6.04 Å². The Morgan fingerprint density at radius 3 is 2.32 bits per heavy atom. The monoisotopic (exact) mass is 418 g/mol. The molecule has 1 aromatic rings. The average molecular weight is 418 g/mol. The topological polar surface area (TPSA) is 89.3 Å². The number of amides is 1. The zero-order chi connectivity index (χ0) is 21.0. The van der Waals surface area contributed by atoms with Gasteiger partial charge in [-0.25, -0.2) is 8.42 Å². The van der Waals surface area contributed by atoms with E-state index in [9.17, 15) is 26.4 Å². The maximum absolute atomic E-state index is 13.0. The number of carbonyl (C=O) groups excluding carboxylic acids is 1. The van der Waals surface area contributed by atoms with Gasteiger partial charge in [-0.15, -0.1) is 0 Å². The van der Waals surface area contributed by atoms with Gasteiger partial charge in [-0.2, -0.15) is 13.2 Å². The average Bonchev–Trinajstić information content (AvgIpc) is 2.54. The summed E-state index contributed by atoms with van der Waals surface area (Å²) in [6.07, 6.45) is -1.50. The van der Waals surface area contributed by atoms with E-state index in [0.29, 0.717) is 31.7 Å². The first-order valence-electron chi connectivity index (χ1n) is 9.29. The molecule has 1 amide bonds. The largest absolute Gasteiger partial charge is 0.416 e. The van der Waals surface area contributed by atoms with Crippen LogP contribution in [-0.2, 0) is 20.8 Å². The van der Waals surface area contributed by atoms with E-state index in [1.54, 1.807) is 0 Å². The van der Waals surface area contributed by atoms with Crippen molar-refractivity contribution in [1.82, 2.24) is 5.32 Å². The second-order valence-electron chi connectivity index (χ2n) is 8.48. The molecule has 9 heteroatoms. The highest BCUT2D eigenvalue weighted by molar-refractivity contribution is 7.92. The number of hydrogen-bond acceptors (Lipinski definition) is 4. The molecule has 2 aliphatic rings. The Morgan fingerprint density at radius 2 is 1.82 bits per heavy atom. The number of hydrogen-bond donors (Lipinski definition) is 2. The lowest BCUT2D eigenvalue weighted by atomic mass is 9.72. The van der Waals surface area contributed by atoms with Gasteiger partial charge in [0.1, 0.15) is 0 Å². The molecule has 0 saturated heterocycles. The lowest BCUT2D eigenvalue weighted by Crippen LogP contribution is -2.62. The Bertz CT molecular complexity index is 871. The number of rotatable bonds is 5. The SMILES string of the molecule is CC(C)([C@H]1C[C@@H](NC(=O)C2(N)CCC2)C1)S(=O)(=O)c1cccc(C(F)(F)F)c1. The summed E-state index contributed by atoms with van der Waals surface area (Å²) in [6, 6.07) is 3.68. The first kappa shape index (κ1) is 21.1. The molecule has 0 spiro atoms. The molecule has 1 aromatic carbocycles. The third-order valence-electron chi connectivity index (χ3n) is 6.32. The van der Waals surface area contributed by atoms with E-state index in [4.69, 9.17) is 5.73 Å². The van der Waals surface area contributed by atoms with E-state index in [0.717, 1.165) is 18.6 Å². The number of nitrogens with one attached hydrogen (secondary N) is 1. The number of carbonyl (C=O) groups is 1. The quantitative estimate of drug-likeness (QED) is 0.769. The van der Waals surface area contributed by atoms with Crippen molar-refractivity contribution in [3.8, 4) is 0 Å². The molecule has 28 heavy (non-hydrogen) atoms.